The topological polar surface area (TPSA) is 35.5 Å². The maximum absolute atomic E-state index is 11.7. The summed E-state index contributed by atoms with van der Waals surface area (Å²) in [7, 11) is 0. The van der Waals surface area contributed by atoms with Gasteiger partial charge in [-0.25, -0.2) is 0 Å². The fraction of sp³-hybridized carbons (Fsp3) is 0.967. The summed E-state index contributed by atoms with van der Waals surface area (Å²) in [4.78, 5) is 11.7. The molecule has 0 aromatic carbocycles. The van der Waals surface area contributed by atoms with Gasteiger partial charge in [0.05, 0.1) is 6.61 Å². The Bertz CT molecular complexity index is 370. The summed E-state index contributed by atoms with van der Waals surface area (Å²) >= 11 is 0. The van der Waals surface area contributed by atoms with Crippen molar-refractivity contribution in [3.63, 3.8) is 0 Å². The lowest BCUT2D eigenvalue weighted by atomic mass is 10.0. The molecule has 0 rings (SSSR count). The van der Waals surface area contributed by atoms with E-state index in [4.69, 9.17) is 9.47 Å². The van der Waals surface area contributed by atoms with Crippen molar-refractivity contribution < 1.29 is 14.3 Å². The zero-order valence-electron chi connectivity index (χ0n) is 22.8. The van der Waals surface area contributed by atoms with E-state index in [1.807, 2.05) is 0 Å². The second-order valence-corrected chi connectivity index (χ2v) is 10.0. The summed E-state index contributed by atoms with van der Waals surface area (Å²) in [6, 6.07) is 0. The van der Waals surface area contributed by atoms with Crippen molar-refractivity contribution in [1.82, 2.24) is 0 Å². The molecule has 0 amide bonds. The largest absolute Gasteiger partial charge is 0.463 e. The quantitative estimate of drug-likeness (QED) is 0.0846. The van der Waals surface area contributed by atoms with Crippen LogP contribution in [-0.2, 0) is 14.3 Å². The van der Waals surface area contributed by atoms with Gasteiger partial charge in [-0.1, -0.05) is 149 Å². The van der Waals surface area contributed by atoms with Crippen LogP contribution in [0.5, 0.6) is 0 Å². The molecular weight excluding hydrogens is 408 g/mol. The standard InChI is InChI=1S/C30H60O3/c1-3-5-7-9-11-13-14-15-16-17-19-21-23-25-27-32-28-29-33-30(31)26-24-22-20-18-12-10-8-6-4-2/h3-29H2,1-2H3. The number of carbonyl (C=O) groups excluding carboxylic acids is 1. The van der Waals surface area contributed by atoms with Crippen LogP contribution in [0, 0.1) is 0 Å². The number of rotatable bonds is 28. The zero-order valence-corrected chi connectivity index (χ0v) is 22.8. The van der Waals surface area contributed by atoms with E-state index in [2.05, 4.69) is 13.8 Å². The lowest BCUT2D eigenvalue weighted by Crippen LogP contribution is -2.10. The summed E-state index contributed by atoms with van der Waals surface area (Å²) in [6.07, 6.45) is 31.3. The Hall–Kier alpha value is -0.570. The molecule has 0 aromatic heterocycles. The minimum atomic E-state index is -0.0574. The Balaban J connectivity index is 3.12. The molecule has 0 saturated heterocycles. The molecule has 0 radical (unpaired) electrons. The molecule has 0 heterocycles. The van der Waals surface area contributed by atoms with Gasteiger partial charge >= 0.3 is 5.97 Å². The van der Waals surface area contributed by atoms with Gasteiger partial charge in [-0.3, -0.25) is 4.79 Å². The van der Waals surface area contributed by atoms with Crippen LogP contribution < -0.4 is 0 Å². The van der Waals surface area contributed by atoms with Crippen LogP contribution in [0.3, 0.4) is 0 Å². The fourth-order valence-electron chi connectivity index (χ4n) is 4.37. The molecule has 0 unspecified atom stereocenters. The Labute approximate surface area is 208 Å². The van der Waals surface area contributed by atoms with Crippen molar-refractivity contribution in [2.75, 3.05) is 19.8 Å². The smallest absolute Gasteiger partial charge is 0.305 e. The first-order chi connectivity index (χ1) is 16.3. The molecule has 0 N–H and O–H groups in total. The van der Waals surface area contributed by atoms with Gasteiger partial charge in [0.2, 0.25) is 0 Å². The molecule has 0 atom stereocenters. The van der Waals surface area contributed by atoms with Gasteiger partial charge in [-0.2, -0.15) is 0 Å². The number of hydrogen-bond donors (Lipinski definition) is 0. The normalized spacial score (nSPS) is 11.2. The SMILES string of the molecule is CCCCCCCCCCCCCCCCOCCOC(=O)CCCCCCCCCCC. The molecule has 198 valence electrons. The van der Waals surface area contributed by atoms with Crippen molar-refractivity contribution in [3.8, 4) is 0 Å². The second-order valence-electron chi connectivity index (χ2n) is 10.0. The minimum Gasteiger partial charge on any atom is -0.463 e. The zero-order chi connectivity index (χ0) is 24.1. The fourth-order valence-corrected chi connectivity index (χ4v) is 4.37. The summed E-state index contributed by atoms with van der Waals surface area (Å²) in [5.41, 5.74) is 0. The van der Waals surface area contributed by atoms with Gasteiger partial charge in [0.25, 0.3) is 0 Å². The number of esters is 1. The van der Waals surface area contributed by atoms with Crippen molar-refractivity contribution in [2.45, 2.75) is 168 Å². The Morgan fingerprint density at radius 1 is 0.424 bits per heavy atom. The Morgan fingerprint density at radius 3 is 1.21 bits per heavy atom. The summed E-state index contributed by atoms with van der Waals surface area (Å²) < 4.78 is 10.9. The highest BCUT2D eigenvalue weighted by Crippen LogP contribution is 2.13. The van der Waals surface area contributed by atoms with Crippen molar-refractivity contribution in [3.05, 3.63) is 0 Å². The third-order valence-electron chi connectivity index (χ3n) is 6.62. The molecule has 0 saturated carbocycles. The predicted octanol–water partition coefficient (Wildman–Crippen LogP) is 9.95. The molecule has 0 aliphatic carbocycles. The average molecular weight is 469 g/mol. The summed E-state index contributed by atoms with van der Waals surface area (Å²) in [6.45, 7) is 6.29. The highest BCUT2D eigenvalue weighted by atomic mass is 16.6. The molecule has 3 nitrogen and oxygen atoms in total. The molecule has 3 heteroatoms. The third-order valence-corrected chi connectivity index (χ3v) is 6.62. The molecule has 0 aliphatic heterocycles. The lowest BCUT2D eigenvalue weighted by Gasteiger charge is -2.07. The molecule has 0 aromatic rings. The summed E-state index contributed by atoms with van der Waals surface area (Å²) in [5.74, 6) is -0.0574. The van der Waals surface area contributed by atoms with Crippen LogP contribution in [0.2, 0.25) is 0 Å². The van der Waals surface area contributed by atoms with Crippen molar-refractivity contribution in [1.29, 1.82) is 0 Å². The number of hydrogen-bond acceptors (Lipinski definition) is 3. The number of ether oxygens (including phenoxy) is 2. The van der Waals surface area contributed by atoms with E-state index >= 15 is 0 Å². The van der Waals surface area contributed by atoms with Crippen LogP contribution >= 0.6 is 0 Å². The maximum Gasteiger partial charge on any atom is 0.305 e. The molecular formula is C30H60O3. The molecule has 0 aliphatic rings. The first kappa shape index (κ1) is 32.4. The highest BCUT2D eigenvalue weighted by molar-refractivity contribution is 5.69. The molecule has 0 bridgehead atoms. The van der Waals surface area contributed by atoms with E-state index in [-0.39, 0.29) is 5.97 Å². The first-order valence-electron chi connectivity index (χ1n) is 15.0. The number of unbranched alkanes of at least 4 members (excludes halogenated alkanes) is 21. The van der Waals surface area contributed by atoms with Gasteiger partial charge in [0, 0.05) is 13.0 Å². The monoisotopic (exact) mass is 468 g/mol. The van der Waals surface area contributed by atoms with E-state index in [1.54, 1.807) is 0 Å². The van der Waals surface area contributed by atoms with Gasteiger partial charge in [-0.15, -0.1) is 0 Å². The van der Waals surface area contributed by atoms with Crippen LogP contribution in [0.25, 0.3) is 0 Å². The summed E-state index contributed by atoms with van der Waals surface area (Å²) in [5, 5.41) is 0. The van der Waals surface area contributed by atoms with Gasteiger partial charge in [-0.05, 0) is 12.8 Å². The molecule has 33 heavy (non-hydrogen) atoms. The van der Waals surface area contributed by atoms with Crippen LogP contribution in [0.1, 0.15) is 168 Å². The van der Waals surface area contributed by atoms with E-state index in [0.717, 1.165) is 25.9 Å². The first-order valence-corrected chi connectivity index (χ1v) is 15.0. The van der Waals surface area contributed by atoms with Crippen LogP contribution in [0.15, 0.2) is 0 Å². The number of carbonyl (C=O) groups is 1. The Morgan fingerprint density at radius 2 is 0.788 bits per heavy atom. The average Bonchev–Trinajstić information content (AvgIpc) is 2.82. The van der Waals surface area contributed by atoms with E-state index in [9.17, 15) is 4.79 Å². The van der Waals surface area contributed by atoms with Crippen molar-refractivity contribution >= 4 is 5.97 Å². The second kappa shape index (κ2) is 29.5. The third kappa shape index (κ3) is 29.4. The van der Waals surface area contributed by atoms with Crippen LogP contribution in [-0.4, -0.2) is 25.8 Å². The minimum absolute atomic E-state index is 0.0574. The van der Waals surface area contributed by atoms with E-state index in [0.29, 0.717) is 19.6 Å². The van der Waals surface area contributed by atoms with Crippen molar-refractivity contribution in [2.24, 2.45) is 0 Å². The predicted molar refractivity (Wildman–Crippen MR) is 144 cm³/mol. The van der Waals surface area contributed by atoms with Crippen LogP contribution in [0.4, 0.5) is 0 Å². The van der Waals surface area contributed by atoms with E-state index < -0.39 is 0 Å². The molecule has 0 fully saturated rings. The van der Waals surface area contributed by atoms with Gasteiger partial charge < -0.3 is 9.47 Å². The van der Waals surface area contributed by atoms with Gasteiger partial charge in [0.1, 0.15) is 6.61 Å². The molecule has 0 spiro atoms. The maximum atomic E-state index is 11.7. The Kier molecular flexibility index (Phi) is 29.0. The lowest BCUT2D eigenvalue weighted by molar-refractivity contribution is -0.145. The van der Waals surface area contributed by atoms with E-state index in [1.165, 1.54) is 128 Å². The highest BCUT2D eigenvalue weighted by Gasteiger charge is 2.02. The van der Waals surface area contributed by atoms with Gasteiger partial charge in [0.15, 0.2) is 0 Å².